The van der Waals surface area contributed by atoms with Crippen LogP contribution < -0.4 is 11.1 Å². The van der Waals surface area contributed by atoms with Crippen molar-refractivity contribution in [2.45, 2.75) is 38.8 Å². The van der Waals surface area contributed by atoms with Crippen LogP contribution in [0.2, 0.25) is 0 Å². The first kappa shape index (κ1) is 18.7. The Balaban J connectivity index is 0.00000121. The van der Waals surface area contributed by atoms with E-state index in [0.29, 0.717) is 6.54 Å². The number of fused-ring (bicyclic) bond motifs is 1. The van der Waals surface area contributed by atoms with Gasteiger partial charge in [0, 0.05) is 24.4 Å². The van der Waals surface area contributed by atoms with Crippen molar-refractivity contribution in [1.82, 2.24) is 14.7 Å². The van der Waals surface area contributed by atoms with Crippen LogP contribution in [-0.2, 0) is 11.3 Å². The first-order valence-electron chi connectivity index (χ1n) is 7.10. The molecule has 3 rings (SSSR count). The summed E-state index contributed by atoms with van der Waals surface area (Å²) in [5.74, 6) is 0.176. The van der Waals surface area contributed by atoms with Crippen molar-refractivity contribution in [2.75, 3.05) is 0 Å². The van der Waals surface area contributed by atoms with Crippen LogP contribution in [0.4, 0.5) is 0 Å². The third-order valence-electron chi connectivity index (χ3n) is 4.02. The summed E-state index contributed by atoms with van der Waals surface area (Å²) in [5.41, 5.74) is 8.80. The van der Waals surface area contributed by atoms with Crippen molar-refractivity contribution >= 4 is 36.4 Å². The van der Waals surface area contributed by atoms with E-state index in [4.69, 9.17) is 5.73 Å². The molecule has 1 aliphatic rings. The first-order chi connectivity index (χ1) is 9.63. The number of pyridine rings is 1. The van der Waals surface area contributed by atoms with Crippen LogP contribution in [0, 0.1) is 12.8 Å². The summed E-state index contributed by atoms with van der Waals surface area (Å²) >= 11 is 0. The van der Waals surface area contributed by atoms with Gasteiger partial charge in [-0.3, -0.25) is 4.79 Å². The lowest BCUT2D eigenvalue weighted by Crippen LogP contribution is -2.30. The molecular weight excluding hydrogens is 323 g/mol. The van der Waals surface area contributed by atoms with E-state index in [1.165, 1.54) is 0 Å². The number of aromatic nitrogens is 2. The molecule has 0 bridgehead atoms. The van der Waals surface area contributed by atoms with Gasteiger partial charge in [0.25, 0.3) is 0 Å². The Morgan fingerprint density at radius 3 is 2.86 bits per heavy atom. The third kappa shape index (κ3) is 3.91. The number of halogens is 2. The summed E-state index contributed by atoms with van der Waals surface area (Å²) < 4.78 is 1.99. The fourth-order valence-corrected chi connectivity index (χ4v) is 2.87. The minimum Gasteiger partial charge on any atom is -0.350 e. The molecule has 2 atom stereocenters. The van der Waals surface area contributed by atoms with E-state index < -0.39 is 0 Å². The molecule has 0 radical (unpaired) electrons. The fraction of sp³-hybridized carbons (Fsp3) is 0.467. The lowest BCUT2D eigenvalue weighted by molar-refractivity contribution is -0.125. The quantitative estimate of drug-likeness (QED) is 0.896. The molecule has 1 aliphatic carbocycles. The van der Waals surface area contributed by atoms with Crippen LogP contribution in [-0.4, -0.2) is 21.3 Å². The van der Waals surface area contributed by atoms with Crippen LogP contribution in [0.15, 0.2) is 24.5 Å². The lowest BCUT2D eigenvalue weighted by Gasteiger charge is -2.09. The molecule has 2 heterocycles. The number of carbonyl (C=O) groups is 1. The van der Waals surface area contributed by atoms with E-state index in [1.54, 1.807) is 0 Å². The van der Waals surface area contributed by atoms with Gasteiger partial charge in [-0.1, -0.05) is 6.07 Å². The number of nitrogens with two attached hydrogens (primary N) is 1. The fourth-order valence-electron chi connectivity index (χ4n) is 2.87. The van der Waals surface area contributed by atoms with Crippen LogP contribution >= 0.6 is 24.8 Å². The maximum Gasteiger partial charge on any atom is 0.223 e. The number of rotatable bonds is 3. The Hall–Kier alpha value is -1.30. The number of nitrogens with one attached hydrogen (secondary N) is 1. The zero-order valence-corrected chi connectivity index (χ0v) is 14.1. The minimum atomic E-state index is 0. The predicted octanol–water partition coefficient (Wildman–Crippen LogP) is 2.23. The number of carbonyl (C=O) groups excluding carboxylic acids is 1. The maximum absolute atomic E-state index is 12.0. The number of amides is 1. The number of aryl methyl sites for hydroxylation is 1. The van der Waals surface area contributed by atoms with Crippen molar-refractivity contribution in [3.63, 3.8) is 0 Å². The van der Waals surface area contributed by atoms with Gasteiger partial charge in [-0.05, 0) is 37.8 Å². The molecule has 5 nitrogen and oxygen atoms in total. The van der Waals surface area contributed by atoms with Gasteiger partial charge in [0.2, 0.25) is 5.91 Å². The van der Waals surface area contributed by atoms with Crippen LogP contribution in [0.1, 0.15) is 30.5 Å². The van der Waals surface area contributed by atoms with Crippen LogP contribution in [0.5, 0.6) is 0 Å². The van der Waals surface area contributed by atoms with Crippen molar-refractivity contribution in [1.29, 1.82) is 0 Å². The maximum atomic E-state index is 12.0. The SMILES string of the molecule is Cc1cccn2cc(CNC(=O)C3CCC(N)C3)nc12.Cl.Cl. The van der Waals surface area contributed by atoms with E-state index in [2.05, 4.69) is 10.3 Å². The highest BCUT2D eigenvalue weighted by Crippen LogP contribution is 2.24. The number of nitrogens with zero attached hydrogens (tertiary/aromatic N) is 2. The van der Waals surface area contributed by atoms with Gasteiger partial charge in [0.1, 0.15) is 5.65 Å². The summed E-state index contributed by atoms with van der Waals surface area (Å²) in [6.45, 7) is 2.51. The van der Waals surface area contributed by atoms with E-state index in [0.717, 1.165) is 36.2 Å². The van der Waals surface area contributed by atoms with E-state index in [9.17, 15) is 4.79 Å². The van der Waals surface area contributed by atoms with Crippen molar-refractivity contribution in [2.24, 2.45) is 11.7 Å². The molecule has 0 spiro atoms. The van der Waals surface area contributed by atoms with Crippen molar-refractivity contribution in [3.8, 4) is 0 Å². The van der Waals surface area contributed by atoms with E-state index in [-0.39, 0.29) is 42.7 Å². The van der Waals surface area contributed by atoms with Crippen molar-refractivity contribution < 1.29 is 4.79 Å². The molecule has 1 amide bonds. The molecule has 0 saturated heterocycles. The molecule has 7 heteroatoms. The van der Waals surface area contributed by atoms with Gasteiger partial charge in [-0.25, -0.2) is 4.98 Å². The van der Waals surface area contributed by atoms with Gasteiger partial charge >= 0.3 is 0 Å². The Labute approximate surface area is 142 Å². The largest absolute Gasteiger partial charge is 0.350 e. The molecule has 3 N–H and O–H groups in total. The summed E-state index contributed by atoms with van der Waals surface area (Å²) in [6.07, 6.45) is 6.58. The smallest absolute Gasteiger partial charge is 0.223 e. The zero-order chi connectivity index (χ0) is 14.1. The Kier molecular flexibility index (Phi) is 6.66. The highest BCUT2D eigenvalue weighted by Gasteiger charge is 2.27. The van der Waals surface area contributed by atoms with E-state index >= 15 is 0 Å². The van der Waals surface area contributed by atoms with Gasteiger partial charge in [-0.15, -0.1) is 24.8 Å². The normalized spacial score (nSPS) is 20.3. The second-order valence-electron chi connectivity index (χ2n) is 5.64. The molecule has 2 unspecified atom stereocenters. The summed E-state index contributed by atoms with van der Waals surface area (Å²) in [7, 11) is 0. The summed E-state index contributed by atoms with van der Waals surface area (Å²) in [5, 5.41) is 2.97. The van der Waals surface area contributed by atoms with Gasteiger partial charge in [0.05, 0.1) is 12.2 Å². The molecule has 2 aromatic heterocycles. The average molecular weight is 345 g/mol. The van der Waals surface area contributed by atoms with E-state index in [1.807, 2.05) is 35.9 Å². The Morgan fingerprint density at radius 2 is 2.23 bits per heavy atom. The Morgan fingerprint density at radius 1 is 1.45 bits per heavy atom. The predicted molar refractivity (Wildman–Crippen MR) is 91.6 cm³/mol. The highest BCUT2D eigenvalue weighted by molar-refractivity contribution is 5.85. The lowest BCUT2D eigenvalue weighted by atomic mass is 10.1. The topological polar surface area (TPSA) is 72.4 Å². The standard InChI is InChI=1S/C15H20N4O.2ClH/c1-10-3-2-6-19-9-13(18-14(10)19)8-17-15(20)11-4-5-12(16)7-11;;/h2-3,6,9,11-12H,4-5,7-8,16H2,1H3,(H,17,20);2*1H. The second-order valence-corrected chi connectivity index (χ2v) is 5.64. The number of imidazole rings is 1. The average Bonchev–Trinajstić information content (AvgIpc) is 3.03. The molecule has 2 aromatic rings. The molecule has 0 aromatic carbocycles. The minimum absolute atomic E-state index is 0. The van der Waals surface area contributed by atoms with Gasteiger partial charge in [0.15, 0.2) is 0 Å². The molecular formula is C15H22Cl2N4O. The number of hydrogen-bond acceptors (Lipinski definition) is 3. The molecule has 122 valence electrons. The van der Waals surface area contributed by atoms with Crippen LogP contribution in [0.3, 0.4) is 0 Å². The summed E-state index contributed by atoms with van der Waals surface area (Å²) in [4.78, 5) is 16.6. The Bertz CT molecular complexity index is 644. The first-order valence-corrected chi connectivity index (χ1v) is 7.10. The molecule has 1 fully saturated rings. The molecule has 1 saturated carbocycles. The van der Waals surface area contributed by atoms with Gasteiger partial charge < -0.3 is 15.5 Å². The molecule has 0 aliphatic heterocycles. The second kappa shape index (κ2) is 7.81. The number of hydrogen-bond donors (Lipinski definition) is 2. The zero-order valence-electron chi connectivity index (χ0n) is 12.5. The monoisotopic (exact) mass is 344 g/mol. The summed E-state index contributed by atoms with van der Waals surface area (Å²) in [6, 6.07) is 4.21. The highest BCUT2D eigenvalue weighted by atomic mass is 35.5. The van der Waals surface area contributed by atoms with Crippen LogP contribution in [0.25, 0.3) is 5.65 Å². The van der Waals surface area contributed by atoms with Crippen molar-refractivity contribution in [3.05, 3.63) is 35.8 Å². The van der Waals surface area contributed by atoms with Gasteiger partial charge in [-0.2, -0.15) is 0 Å². The third-order valence-corrected chi connectivity index (χ3v) is 4.02. The molecule has 22 heavy (non-hydrogen) atoms.